The number of rotatable bonds is 8. The molecular weight excluding hydrogens is 508 g/mol. The highest BCUT2D eigenvalue weighted by Crippen LogP contribution is 2.36. The fraction of sp³-hybridized carbons (Fsp3) is 0.286. The average Bonchev–Trinajstić information content (AvgIpc) is 3.19. The summed E-state index contributed by atoms with van der Waals surface area (Å²) in [6, 6.07) is 11.4. The van der Waals surface area contributed by atoms with Crippen LogP contribution in [0.1, 0.15) is 44.9 Å². The molecule has 0 saturated carbocycles. The number of benzene rings is 2. The van der Waals surface area contributed by atoms with Crippen molar-refractivity contribution in [3.8, 4) is 17.2 Å². The molecule has 2 aromatic carbocycles. The quantitative estimate of drug-likeness (QED) is 0.322. The monoisotopic (exact) mass is 536 g/mol. The lowest BCUT2D eigenvalue weighted by Gasteiger charge is -2.25. The zero-order valence-corrected chi connectivity index (χ0v) is 22.6. The van der Waals surface area contributed by atoms with Gasteiger partial charge in [-0.1, -0.05) is 29.5 Å². The molecule has 1 aliphatic rings. The lowest BCUT2D eigenvalue weighted by Crippen LogP contribution is -2.39. The SMILES string of the molecule is CCOc1ccc(C2C(C(=O)OC)=C(C)N=c3s/c(=C\c4ccc(OC(C)=O)cc4)c(=O)n32)cc1OCC. The number of ether oxygens (including phenoxy) is 4. The van der Waals surface area contributed by atoms with Gasteiger partial charge in [0.1, 0.15) is 5.75 Å². The third kappa shape index (κ3) is 5.40. The first kappa shape index (κ1) is 26.9. The van der Waals surface area contributed by atoms with Crippen molar-refractivity contribution < 1.29 is 28.5 Å². The van der Waals surface area contributed by atoms with E-state index in [0.29, 0.717) is 51.1 Å². The van der Waals surface area contributed by atoms with E-state index in [-0.39, 0.29) is 11.1 Å². The van der Waals surface area contributed by atoms with E-state index in [9.17, 15) is 14.4 Å². The number of hydrogen-bond acceptors (Lipinski definition) is 9. The van der Waals surface area contributed by atoms with Crippen LogP contribution in [0.5, 0.6) is 17.2 Å². The molecule has 0 N–H and O–H groups in total. The van der Waals surface area contributed by atoms with Gasteiger partial charge in [0.15, 0.2) is 16.3 Å². The van der Waals surface area contributed by atoms with E-state index in [4.69, 9.17) is 18.9 Å². The molecule has 38 heavy (non-hydrogen) atoms. The number of aromatic nitrogens is 1. The molecule has 198 valence electrons. The fourth-order valence-corrected chi connectivity index (χ4v) is 5.24. The highest BCUT2D eigenvalue weighted by atomic mass is 32.1. The zero-order valence-electron chi connectivity index (χ0n) is 21.8. The standard InChI is InChI=1S/C28H28N2O7S/c1-6-35-21-13-10-19(15-22(21)36-7-2)25-24(27(33)34-5)16(3)29-28-30(25)26(32)23(38-28)14-18-8-11-20(12-9-18)37-17(4)31/h8-15,25H,6-7H2,1-5H3/b23-14-. The maximum Gasteiger partial charge on any atom is 0.338 e. The Labute approximate surface area is 223 Å². The zero-order chi connectivity index (χ0) is 27.4. The lowest BCUT2D eigenvalue weighted by molar-refractivity contribution is -0.136. The predicted molar refractivity (Wildman–Crippen MR) is 142 cm³/mol. The second-order valence-electron chi connectivity index (χ2n) is 8.31. The van der Waals surface area contributed by atoms with E-state index < -0.39 is 18.0 Å². The maximum atomic E-state index is 13.7. The summed E-state index contributed by atoms with van der Waals surface area (Å²) in [5, 5.41) is 0. The molecule has 0 amide bonds. The third-order valence-electron chi connectivity index (χ3n) is 5.75. The van der Waals surface area contributed by atoms with Gasteiger partial charge in [0.05, 0.1) is 42.2 Å². The highest BCUT2D eigenvalue weighted by molar-refractivity contribution is 7.07. The Kier molecular flexibility index (Phi) is 8.11. The molecule has 1 unspecified atom stereocenters. The van der Waals surface area contributed by atoms with E-state index in [2.05, 4.69) is 4.99 Å². The molecule has 0 fully saturated rings. The Morgan fingerprint density at radius 3 is 2.37 bits per heavy atom. The molecule has 0 bridgehead atoms. The summed E-state index contributed by atoms with van der Waals surface area (Å²) >= 11 is 1.22. The van der Waals surface area contributed by atoms with E-state index in [1.165, 1.54) is 29.9 Å². The van der Waals surface area contributed by atoms with Gasteiger partial charge in [-0.05, 0) is 62.2 Å². The molecule has 3 aromatic rings. The number of fused-ring (bicyclic) bond motifs is 1. The Hall–Kier alpha value is -4.18. The minimum absolute atomic E-state index is 0.267. The second kappa shape index (κ2) is 11.5. The summed E-state index contributed by atoms with van der Waals surface area (Å²) in [4.78, 5) is 42.9. The number of hydrogen-bond donors (Lipinski definition) is 0. The third-order valence-corrected chi connectivity index (χ3v) is 6.73. The molecule has 10 heteroatoms. The van der Waals surface area contributed by atoms with Gasteiger partial charge < -0.3 is 18.9 Å². The molecule has 0 aliphatic carbocycles. The molecule has 2 heterocycles. The summed E-state index contributed by atoms with van der Waals surface area (Å²) in [7, 11) is 1.30. The average molecular weight is 537 g/mol. The normalized spacial score (nSPS) is 15.0. The summed E-state index contributed by atoms with van der Waals surface area (Å²) in [5.74, 6) is 0.516. The fourth-order valence-electron chi connectivity index (χ4n) is 4.20. The van der Waals surface area contributed by atoms with Crippen LogP contribution in [-0.2, 0) is 14.3 Å². The van der Waals surface area contributed by atoms with E-state index >= 15 is 0 Å². The van der Waals surface area contributed by atoms with Gasteiger partial charge >= 0.3 is 11.9 Å². The molecule has 9 nitrogen and oxygen atoms in total. The predicted octanol–water partition coefficient (Wildman–Crippen LogP) is 3.13. The molecule has 0 saturated heterocycles. The van der Waals surface area contributed by atoms with Crippen LogP contribution in [0.2, 0.25) is 0 Å². The van der Waals surface area contributed by atoms with Gasteiger partial charge in [-0.3, -0.25) is 14.2 Å². The highest BCUT2D eigenvalue weighted by Gasteiger charge is 2.33. The Morgan fingerprint density at radius 2 is 1.74 bits per heavy atom. The summed E-state index contributed by atoms with van der Waals surface area (Å²) in [5.41, 5.74) is 1.83. The van der Waals surface area contributed by atoms with Crippen molar-refractivity contribution in [1.82, 2.24) is 4.57 Å². The van der Waals surface area contributed by atoms with Crippen molar-refractivity contribution in [2.75, 3.05) is 20.3 Å². The first-order chi connectivity index (χ1) is 18.3. The molecule has 1 atom stereocenters. The van der Waals surface area contributed by atoms with Crippen LogP contribution in [0.15, 0.2) is 63.5 Å². The van der Waals surface area contributed by atoms with E-state index in [0.717, 1.165) is 5.56 Å². The molecule has 0 spiro atoms. The number of thiazole rings is 1. The van der Waals surface area contributed by atoms with Crippen molar-refractivity contribution >= 4 is 29.4 Å². The summed E-state index contributed by atoms with van der Waals surface area (Å²) in [6.45, 7) is 7.69. The van der Waals surface area contributed by atoms with Crippen molar-refractivity contribution in [1.29, 1.82) is 0 Å². The van der Waals surface area contributed by atoms with E-state index in [1.54, 1.807) is 49.4 Å². The van der Waals surface area contributed by atoms with Gasteiger partial charge in [-0.15, -0.1) is 0 Å². The van der Waals surface area contributed by atoms with Gasteiger partial charge in [-0.25, -0.2) is 9.79 Å². The van der Waals surface area contributed by atoms with Crippen LogP contribution in [0.25, 0.3) is 6.08 Å². The molecule has 0 radical (unpaired) electrons. The van der Waals surface area contributed by atoms with Gasteiger partial charge in [0.2, 0.25) is 0 Å². The van der Waals surface area contributed by atoms with Crippen molar-refractivity contribution in [3.63, 3.8) is 0 Å². The Balaban J connectivity index is 1.88. The molecule has 4 rings (SSSR count). The molecule has 1 aliphatic heterocycles. The van der Waals surface area contributed by atoms with Crippen LogP contribution < -0.4 is 29.1 Å². The number of methoxy groups -OCH3 is 1. The Bertz CT molecular complexity index is 1580. The van der Waals surface area contributed by atoms with Crippen LogP contribution in [-0.4, -0.2) is 36.8 Å². The van der Waals surface area contributed by atoms with Gasteiger partial charge in [0, 0.05) is 6.92 Å². The van der Waals surface area contributed by atoms with Crippen LogP contribution in [0, 0.1) is 0 Å². The molecule has 1 aromatic heterocycles. The van der Waals surface area contributed by atoms with Crippen LogP contribution >= 0.6 is 11.3 Å². The van der Waals surface area contributed by atoms with Crippen molar-refractivity contribution in [3.05, 3.63) is 84.5 Å². The summed E-state index contributed by atoms with van der Waals surface area (Å²) < 4.78 is 23.6. The van der Waals surface area contributed by atoms with Gasteiger partial charge in [0.25, 0.3) is 5.56 Å². The first-order valence-corrected chi connectivity index (χ1v) is 12.9. The number of esters is 2. The minimum Gasteiger partial charge on any atom is -0.490 e. The van der Waals surface area contributed by atoms with Crippen LogP contribution in [0.4, 0.5) is 0 Å². The summed E-state index contributed by atoms with van der Waals surface area (Å²) in [6.07, 6.45) is 1.74. The first-order valence-electron chi connectivity index (χ1n) is 12.1. The van der Waals surface area contributed by atoms with Crippen molar-refractivity contribution in [2.24, 2.45) is 4.99 Å². The maximum absolute atomic E-state index is 13.7. The smallest absolute Gasteiger partial charge is 0.338 e. The lowest BCUT2D eigenvalue weighted by atomic mass is 9.95. The number of carbonyl (C=O) groups excluding carboxylic acids is 2. The number of allylic oxidation sites excluding steroid dienone is 1. The van der Waals surface area contributed by atoms with Crippen LogP contribution in [0.3, 0.4) is 0 Å². The Morgan fingerprint density at radius 1 is 1.05 bits per heavy atom. The number of nitrogens with zero attached hydrogens (tertiary/aromatic N) is 2. The van der Waals surface area contributed by atoms with Crippen molar-refractivity contribution in [2.45, 2.75) is 33.7 Å². The largest absolute Gasteiger partial charge is 0.490 e. The van der Waals surface area contributed by atoms with E-state index in [1.807, 2.05) is 19.9 Å². The second-order valence-corrected chi connectivity index (χ2v) is 9.32. The van der Waals surface area contributed by atoms with Gasteiger partial charge in [-0.2, -0.15) is 0 Å². The minimum atomic E-state index is -0.776. The number of carbonyl (C=O) groups is 2. The molecular formula is C28H28N2O7S. The topological polar surface area (TPSA) is 105 Å².